The van der Waals surface area contributed by atoms with E-state index in [2.05, 4.69) is 31.8 Å². The number of hydrogen-bond acceptors (Lipinski definition) is 6. The van der Waals surface area contributed by atoms with Crippen molar-refractivity contribution in [2.45, 2.75) is 6.54 Å². The molecule has 0 spiro atoms. The van der Waals surface area contributed by atoms with Crippen molar-refractivity contribution in [3.8, 4) is 0 Å². The number of nitrogens with two attached hydrogens (primary N) is 1. The van der Waals surface area contributed by atoms with Crippen LogP contribution in [-0.4, -0.2) is 42.2 Å². The molecule has 0 radical (unpaired) electrons. The Bertz CT molecular complexity index is 407. The first-order chi connectivity index (χ1) is 7.84. The van der Waals surface area contributed by atoms with Crippen LogP contribution < -0.4 is 11.1 Å². The third-order valence-electron chi connectivity index (χ3n) is 2.96. The third kappa shape index (κ3) is 1.68. The van der Waals surface area contributed by atoms with Crippen molar-refractivity contribution in [3.05, 3.63) is 17.0 Å². The smallest absolute Gasteiger partial charge is 0.212 e. The Labute approximate surface area is 98.5 Å². The van der Waals surface area contributed by atoms with Gasteiger partial charge >= 0.3 is 0 Å². The Hall–Kier alpha value is -1.11. The Morgan fingerprint density at radius 3 is 3.00 bits per heavy atom. The van der Waals surface area contributed by atoms with E-state index in [0.717, 1.165) is 37.7 Å². The highest BCUT2D eigenvalue weighted by atomic mass is 32.1. The standard InChI is InChI=1S/C10H15N5S/c11-10-13-9-8(1-6-16-9)7-15(10)14-4-2-12-3-5-14/h1,6,12H,2-5,7H2,(H2,11,13). The predicted molar refractivity (Wildman–Crippen MR) is 65.6 cm³/mol. The van der Waals surface area contributed by atoms with Crippen LogP contribution in [0.2, 0.25) is 0 Å². The lowest BCUT2D eigenvalue weighted by Crippen LogP contribution is -2.56. The molecule has 16 heavy (non-hydrogen) atoms. The fourth-order valence-corrected chi connectivity index (χ4v) is 2.88. The third-order valence-corrected chi connectivity index (χ3v) is 3.81. The van der Waals surface area contributed by atoms with Gasteiger partial charge in [-0.3, -0.25) is 5.01 Å². The van der Waals surface area contributed by atoms with Crippen LogP contribution in [0, 0.1) is 0 Å². The second-order valence-electron chi connectivity index (χ2n) is 3.98. The SMILES string of the molecule is NC1=Nc2sccc2CN1N1CCNCC1. The van der Waals surface area contributed by atoms with Crippen LogP contribution >= 0.6 is 11.3 Å². The van der Waals surface area contributed by atoms with Crippen molar-refractivity contribution >= 4 is 22.3 Å². The molecule has 2 aliphatic heterocycles. The number of rotatable bonds is 1. The highest BCUT2D eigenvalue weighted by Crippen LogP contribution is 2.31. The summed E-state index contributed by atoms with van der Waals surface area (Å²) in [5.74, 6) is 0.622. The maximum atomic E-state index is 6.00. The minimum absolute atomic E-state index is 0.622. The molecule has 0 saturated carbocycles. The topological polar surface area (TPSA) is 56.9 Å². The van der Waals surface area contributed by atoms with Crippen molar-refractivity contribution < 1.29 is 0 Å². The van der Waals surface area contributed by atoms with Crippen LogP contribution in [0.25, 0.3) is 0 Å². The van der Waals surface area contributed by atoms with E-state index >= 15 is 0 Å². The molecule has 2 aliphatic rings. The van der Waals surface area contributed by atoms with Crippen LogP contribution in [-0.2, 0) is 6.54 Å². The van der Waals surface area contributed by atoms with Crippen molar-refractivity contribution in [1.29, 1.82) is 0 Å². The number of aliphatic imine (C=N–C) groups is 1. The van der Waals surface area contributed by atoms with Crippen LogP contribution in [0.3, 0.4) is 0 Å². The average molecular weight is 237 g/mol. The molecule has 3 rings (SSSR count). The van der Waals surface area contributed by atoms with E-state index in [-0.39, 0.29) is 0 Å². The van der Waals surface area contributed by atoms with Gasteiger partial charge in [-0.2, -0.15) is 0 Å². The van der Waals surface area contributed by atoms with E-state index in [4.69, 9.17) is 5.73 Å². The van der Waals surface area contributed by atoms with Crippen molar-refractivity contribution in [2.75, 3.05) is 26.2 Å². The zero-order valence-electron chi connectivity index (χ0n) is 9.02. The van der Waals surface area contributed by atoms with Crippen LogP contribution in [0.4, 0.5) is 5.00 Å². The van der Waals surface area contributed by atoms with Gasteiger partial charge in [0, 0.05) is 31.7 Å². The maximum Gasteiger partial charge on any atom is 0.212 e. The first-order valence-corrected chi connectivity index (χ1v) is 6.36. The lowest BCUT2D eigenvalue weighted by molar-refractivity contribution is 0.0229. The molecule has 3 heterocycles. The second-order valence-corrected chi connectivity index (χ2v) is 4.88. The largest absolute Gasteiger partial charge is 0.368 e. The lowest BCUT2D eigenvalue weighted by atomic mass is 10.3. The number of nitrogens with zero attached hydrogens (tertiary/aromatic N) is 3. The quantitative estimate of drug-likeness (QED) is 0.739. The second kappa shape index (κ2) is 4.04. The van der Waals surface area contributed by atoms with E-state index in [0.29, 0.717) is 5.96 Å². The minimum Gasteiger partial charge on any atom is -0.368 e. The number of hydrazine groups is 1. The van der Waals surface area contributed by atoms with Gasteiger partial charge in [0.1, 0.15) is 5.00 Å². The van der Waals surface area contributed by atoms with Crippen LogP contribution in [0.1, 0.15) is 5.56 Å². The van der Waals surface area contributed by atoms with E-state index < -0.39 is 0 Å². The van der Waals surface area contributed by atoms with Crippen molar-refractivity contribution in [1.82, 2.24) is 15.3 Å². The van der Waals surface area contributed by atoms with E-state index in [1.807, 2.05) is 0 Å². The summed E-state index contributed by atoms with van der Waals surface area (Å²) in [6.45, 7) is 4.88. The molecule has 0 aliphatic carbocycles. The maximum absolute atomic E-state index is 6.00. The molecule has 1 aromatic heterocycles. The fraction of sp³-hybridized carbons (Fsp3) is 0.500. The number of nitrogens with one attached hydrogen (secondary N) is 1. The van der Waals surface area contributed by atoms with Crippen molar-refractivity contribution in [2.24, 2.45) is 10.7 Å². The Balaban J connectivity index is 1.82. The summed E-state index contributed by atoms with van der Waals surface area (Å²) in [5.41, 5.74) is 7.28. The van der Waals surface area contributed by atoms with Gasteiger partial charge in [-0.05, 0) is 11.4 Å². The van der Waals surface area contributed by atoms with E-state index in [1.54, 1.807) is 11.3 Å². The molecule has 1 aromatic rings. The molecule has 0 amide bonds. The van der Waals surface area contributed by atoms with Gasteiger partial charge in [-0.25, -0.2) is 10.0 Å². The van der Waals surface area contributed by atoms with Gasteiger partial charge in [0.15, 0.2) is 0 Å². The zero-order chi connectivity index (χ0) is 11.0. The molecule has 86 valence electrons. The molecule has 1 fully saturated rings. The molecule has 1 saturated heterocycles. The normalized spacial score (nSPS) is 21.8. The molecule has 3 N–H and O–H groups in total. The van der Waals surface area contributed by atoms with Gasteiger partial charge in [0.25, 0.3) is 0 Å². The van der Waals surface area contributed by atoms with Gasteiger partial charge in [-0.1, -0.05) is 0 Å². The zero-order valence-corrected chi connectivity index (χ0v) is 9.83. The molecule has 0 bridgehead atoms. The number of thiophene rings is 1. The monoisotopic (exact) mass is 237 g/mol. The molecule has 0 aromatic carbocycles. The molecular formula is C10H15N5S. The lowest BCUT2D eigenvalue weighted by Gasteiger charge is -2.39. The van der Waals surface area contributed by atoms with Gasteiger partial charge in [0.2, 0.25) is 5.96 Å². The number of guanidine groups is 1. The summed E-state index contributed by atoms with van der Waals surface area (Å²) < 4.78 is 0. The summed E-state index contributed by atoms with van der Waals surface area (Å²) in [4.78, 5) is 4.44. The molecule has 0 atom stereocenters. The number of fused-ring (bicyclic) bond motifs is 1. The summed E-state index contributed by atoms with van der Waals surface area (Å²) in [6, 6.07) is 2.13. The van der Waals surface area contributed by atoms with E-state index in [9.17, 15) is 0 Å². The van der Waals surface area contributed by atoms with Crippen molar-refractivity contribution in [3.63, 3.8) is 0 Å². The summed E-state index contributed by atoms with van der Waals surface area (Å²) in [6.07, 6.45) is 0. The average Bonchev–Trinajstić information content (AvgIpc) is 2.76. The Kier molecular flexibility index (Phi) is 2.55. The summed E-state index contributed by atoms with van der Waals surface area (Å²) in [7, 11) is 0. The Morgan fingerprint density at radius 1 is 1.38 bits per heavy atom. The highest BCUT2D eigenvalue weighted by Gasteiger charge is 2.24. The first kappa shape index (κ1) is 10.1. The highest BCUT2D eigenvalue weighted by molar-refractivity contribution is 7.14. The number of hydrogen-bond donors (Lipinski definition) is 2. The Morgan fingerprint density at radius 2 is 2.19 bits per heavy atom. The molecular weight excluding hydrogens is 222 g/mol. The van der Waals surface area contributed by atoms with Crippen LogP contribution in [0.15, 0.2) is 16.4 Å². The first-order valence-electron chi connectivity index (χ1n) is 5.48. The van der Waals surface area contributed by atoms with Gasteiger partial charge in [-0.15, -0.1) is 11.3 Å². The predicted octanol–water partition coefficient (Wildman–Crippen LogP) is 0.330. The van der Waals surface area contributed by atoms with Gasteiger partial charge < -0.3 is 11.1 Å². The fourth-order valence-electron chi connectivity index (χ4n) is 2.09. The summed E-state index contributed by atoms with van der Waals surface area (Å²) in [5, 5.41) is 10.8. The van der Waals surface area contributed by atoms with Gasteiger partial charge in [0.05, 0.1) is 6.54 Å². The number of piperazine rings is 1. The van der Waals surface area contributed by atoms with E-state index in [1.165, 1.54) is 5.56 Å². The molecule has 6 heteroatoms. The molecule has 5 nitrogen and oxygen atoms in total. The summed E-state index contributed by atoms with van der Waals surface area (Å²) >= 11 is 1.65. The minimum atomic E-state index is 0.622. The van der Waals surface area contributed by atoms with Crippen LogP contribution in [0.5, 0.6) is 0 Å². The molecule has 0 unspecified atom stereocenters.